The van der Waals surface area contributed by atoms with Gasteiger partial charge in [0.05, 0.1) is 11.7 Å². The molecular weight excluding hydrogens is 264 g/mol. The molecule has 1 aliphatic rings. The predicted octanol–water partition coefficient (Wildman–Crippen LogP) is 3.78. The summed E-state index contributed by atoms with van der Waals surface area (Å²) in [5, 5.41) is 4.62. The molecule has 4 heteroatoms. The molecular formula is C17H20N2O2. The fraction of sp³-hybridized carbons (Fsp3) is 0.412. The molecule has 4 nitrogen and oxygen atoms in total. The van der Waals surface area contributed by atoms with E-state index in [9.17, 15) is 4.79 Å². The van der Waals surface area contributed by atoms with Crippen molar-refractivity contribution in [1.82, 2.24) is 9.78 Å². The first-order valence-electron chi connectivity index (χ1n) is 7.57. The Bertz CT molecular complexity index is 583. The Morgan fingerprint density at radius 2 is 1.90 bits per heavy atom. The van der Waals surface area contributed by atoms with Crippen molar-refractivity contribution in [2.75, 3.05) is 0 Å². The SMILES string of the molecule is O=Cc1ccc(OCc2ccn(C3CCCCC3)n2)cc1. The van der Waals surface area contributed by atoms with Crippen molar-refractivity contribution in [3.05, 3.63) is 47.8 Å². The summed E-state index contributed by atoms with van der Waals surface area (Å²) in [6, 6.07) is 9.70. The van der Waals surface area contributed by atoms with Crippen LogP contribution in [0.1, 0.15) is 54.2 Å². The summed E-state index contributed by atoms with van der Waals surface area (Å²) in [5.74, 6) is 0.757. The second-order valence-electron chi connectivity index (χ2n) is 5.55. The fourth-order valence-electron chi connectivity index (χ4n) is 2.80. The standard InChI is InChI=1S/C17H20N2O2/c20-12-14-6-8-17(9-7-14)21-13-15-10-11-19(18-15)16-4-2-1-3-5-16/h6-12,16H,1-5,13H2. The van der Waals surface area contributed by atoms with Crippen molar-refractivity contribution in [1.29, 1.82) is 0 Å². The first-order chi connectivity index (χ1) is 10.3. The smallest absolute Gasteiger partial charge is 0.150 e. The van der Waals surface area contributed by atoms with E-state index in [1.165, 1.54) is 32.1 Å². The van der Waals surface area contributed by atoms with E-state index < -0.39 is 0 Å². The van der Waals surface area contributed by atoms with Gasteiger partial charge in [-0.1, -0.05) is 19.3 Å². The third kappa shape index (κ3) is 3.51. The number of nitrogens with zero attached hydrogens (tertiary/aromatic N) is 2. The van der Waals surface area contributed by atoms with Gasteiger partial charge in [0, 0.05) is 11.8 Å². The zero-order valence-electron chi connectivity index (χ0n) is 12.1. The molecule has 110 valence electrons. The Morgan fingerprint density at radius 1 is 1.14 bits per heavy atom. The lowest BCUT2D eigenvalue weighted by atomic mass is 9.96. The van der Waals surface area contributed by atoms with E-state index >= 15 is 0 Å². The molecule has 0 unspecified atom stereocenters. The fourth-order valence-corrected chi connectivity index (χ4v) is 2.80. The summed E-state index contributed by atoms with van der Waals surface area (Å²) >= 11 is 0. The van der Waals surface area contributed by atoms with Gasteiger partial charge in [-0.3, -0.25) is 9.48 Å². The van der Waals surface area contributed by atoms with Gasteiger partial charge in [0.25, 0.3) is 0 Å². The van der Waals surface area contributed by atoms with Crippen LogP contribution in [0.3, 0.4) is 0 Å². The number of ether oxygens (including phenoxy) is 1. The van der Waals surface area contributed by atoms with E-state index in [2.05, 4.69) is 16.0 Å². The van der Waals surface area contributed by atoms with Crippen molar-refractivity contribution in [3.63, 3.8) is 0 Å². The third-order valence-corrected chi connectivity index (χ3v) is 4.02. The van der Waals surface area contributed by atoms with Crippen LogP contribution >= 0.6 is 0 Å². The van der Waals surface area contributed by atoms with Gasteiger partial charge in [0.15, 0.2) is 0 Å². The molecule has 21 heavy (non-hydrogen) atoms. The lowest BCUT2D eigenvalue weighted by molar-refractivity contribution is 0.112. The number of hydrogen-bond donors (Lipinski definition) is 0. The Hall–Kier alpha value is -2.10. The highest BCUT2D eigenvalue weighted by Crippen LogP contribution is 2.27. The molecule has 0 saturated heterocycles. The third-order valence-electron chi connectivity index (χ3n) is 4.02. The lowest BCUT2D eigenvalue weighted by Gasteiger charge is -2.21. The second kappa shape index (κ2) is 6.57. The van der Waals surface area contributed by atoms with E-state index in [4.69, 9.17) is 4.74 Å². The number of carbonyl (C=O) groups excluding carboxylic acids is 1. The molecule has 1 fully saturated rings. The van der Waals surface area contributed by atoms with Crippen molar-refractivity contribution < 1.29 is 9.53 Å². The van der Waals surface area contributed by atoms with Crippen LogP contribution in [0.25, 0.3) is 0 Å². The summed E-state index contributed by atoms with van der Waals surface area (Å²) < 4.78 is 7.79. The minimum atomic E-state index is 0.458. The van der Waals surface area contributed by atoms with Crippen molar-refractivity contribution in [2.24, 2.45) is 0 Å². The molecule has 3 rings (SSSR count). The zero-order chi connectivity index (χ0) is 14.5. The molecule has 1 aromatic carbocycles. The summed E-state index contributed by atoms with van der Waals surface area (Å²) in [7, 11) is 0. The van der Waals surface area contributed by atoms with Crippen molar-refractivity contribution in [3.8, 4) is 5.75 Å². The molecule has 0 spiro atoms. The van der Waals surface area contributed by atoms with E-state index in [0.717, 1.165) is 17.7 Å². The van der Waals surface area contributed by atoms with Crippen molar-refractivity contribution in [2.45, 2.75) is 44.8 Å². The maximum atomic E-state index is 10.6. The first-order valence-corrected chi connectivity index (χ1v) is 7.57. The van der Waals surface area contributed by atoms with E-state index in [1.807, 2.05) is 18.2 Å². The number of hydrogen-bond acceptors (Lipinski definition) is 3. The van der Waals surface area contributed by atoms with Gasteiger partial charge in [0.2, 0.25) is 0 Å². The van der Waals surface area contributed by atoms with E-state index in [1.54, 1.807) is 12.1 Å². The van der Waals surface area contributed by atoms with Crippen LogP contribution in [0.5, 0.6) is 5.75 Å². The monoisotopic (exact) mass is 284 g/mol. The number of rotatable bonds is 5. The van der Waals surface area contributed by atoms with Gasteiger partial charge in [-0.15, -0.1) is 0 Å². The maximum absolute atomic E-state index is 10.6. The molecule has 0 radical (unpaired) electrons. The van der Waals surface area contributed by atoms with Crippen LogP contribution in [0.4, 0.5) is 0 Å². The number of aromatic nitrogens is 2. The minimum Gasteiger partial charge on any atom is -0.487 e. The Labute approximate surface area is 124 Å². The number of carbonyl (C=O) groups is 1. The van der Waals surface area contributed by atoms with Crippen LogP contribution in [-0.2, 0) is 6.61 Å². The number of aldehydes is 1. The normalized spacial score (nSPS) is 15.8. The summed E-state index contributed by atoms with van der Waals surface area (Å²) in [5.41, 5.74) is 1.60. The zero-order valence-corrected chi connectivity index (χ0v) is 12.1. The highest BCUT2D eigenvalue weighted by molar-refractivity contribution is 5.74. The molecule has 2 aromatic rings. The predicted molar refractivity (Wildman–Crippen MR) is 80.5 cm³/mol. The lowest BCUT2D eigenvalue weighted by Crippen LogP contribution is -2.13. The van der Waals surface area contributed by atoms with E-state index in [0.29, 0.717) is 18.2 Å². The topological polar surface area (TPSA) is 44.1 Å². The van der Waals surface area contributed by atoms with Gasteiger partial charge in [-0.25, -0.2) is 0 Å². The maximum Gasteiger partial charge on any atom is 0.150 e. The molecule has 0 atom stereocenters. The van der Waals surface area contributed by atoms with Crippen LogP contribution in [-0.4, -0.2) is 16.1 Å². The van der Waals surface area contributed by atoms with Crippen LogP contribution in [0, 0.1) is 0 Å². The Kier molecular flexibility index (Phi) is 4.34. The first kappa shape index (κ1) is 13.9. The minimum absolute atomic E-state index is 0.458. The second-order valence-corrected chi connectivity index (χ2v) is 5.55. The van der Waals surface area contributed by atoms with Crippen LogP contribution in [0.15, 0.2) is 36.5 Å². The highest BCUT2D eigenvalue weighted by Gasteiger charge is 2.15. The molecule has 0 amide bonds. The molecule has 1 heterocycles. The molecule has 0 aliphatic heterocycles. The molecule has 1 aliphatic carbocycles. The largest absolute Gasteiger partial charge is 0.487 e. The average Bonchev–Trinajstić information content (AvgIpc) is 3.03. The van der Waals surface area contributed by atoms with Gasteiger partial charge in [-0.2, -0.15) is 5.10 Å². The quantitative estimate of drug-likeness (QED) is 0.785. The Balaban J connectivity index is 1.57. The van der Waals surface area contributed by atoms with Crippen molar-refractivity contribution >= 4 is 6.29 Å². The Morgan fingerprint density at radius 3 is 2.62 bits per heavy atom. The van der Waals surface area contributed by atoms with E-state index in [-0.39, 0.29) is 0 Å². The highest BCUT2D eigenvalue weighted by atomic mass is 16.5. The molecule has 0 bridgehead atoms. The molecule has 1 aromatic heterocycles. The summed E-state index contributed by atoms with van der Waals surface area (Å²) in [6.07, 6.45) is 9.31. The molecule has 0 N–H and O–H groups in total. The van der Waals surface area contributed by atoms with Gasteiger partial charge < -0.3 is 4.74 Å². The summed E-state index contributed by atoms with van der Waals surface area (Å²) in [6.45, 7) is 0.458. The van der Waals surface area contributed by atoms with Gasteiger partial charge >= 0.3 is 0 Å². The molecule has 1 saturated carbocycles. The average molecular weight is 284 g/mol. The summed E-state index contributed by atoms with van der Waals surface area (Å²) in [4.78, 5) is 10.6. The van der Waals surface area contributed by atoms with Gasteiger partial charge in [0.1, 0.15) is 18.6 Å². The number of benzene rings is 1. The van der Waals surface area contributed by atoms with Crippen LogP contribution in [0.2, 0.25) is 0 Å². The van der Waals surface area contributed by atoms with Gasteiger partial charge in [-0.05, 0) is 43.2 Å². The van der Waals surface area contributed by atoms with Crippen LogP contribution < -0.4 is 4.74 Å².